The maximum absolute atomic E-state index is 12.3. The standard InChI is InChI=1S/C12H18N4O2S/c17-11(10-9-18-7-1-13-10)15-3-5-16(6-4-15)12-14-2-8-19-12/h2,8,10,13H,1,3-7,9H2. The third kappa shape index (κ3) is 2.88. The number of hydrogen-bond acceptors (Lipinski definition) is 6. The highest BCUT2D eigenvalue weighted by Crippen LogP contribution is 2.19. The molecule has 2 aliphatic heterocycles. The summed E-state index contributed by atoms with van der Waals surface area (Å²) in [5.41, 5.74) is 0. The topological polar surface area (TPSA) is 57.7 Å². The number of morpholine rings is 1. The van der Waals surface area contributed by atoms with E-state index < -0.39 is 0 Å². The third-order valence-electron chi connectivity index (χ3n) is 3.50. The van der Waals surface area contributed by atoms with Gasteiger partial charge in [-0.15, -0.1) is 11.3 Å². The Labute approximate surface area is 116 Å². The number of nitrogens with zero attached hydrogens (tertiary/aromatic N) is 3. The van der Waals surface area contributed by atoms with Gasteiger partial charge in [0.25, 0.3) is 0 Å². The van der Waals surface area contributed by atoms with Crippen LogP contribution in [-0.2, 0) is 9.53 Å². The van der Waals surface area contributed by atoms with Crippen LogP contribution < -0.4 is 10.2 Å². The fraction of sp³-hybridized carbons (Fsp3) is 0.667. The fourth-order valence-corrected chi connectivity index (χ4v) is 3.13. The molecule has 104 valence electrons. The molecule has 1 atom stereocenters. The molecule has 2 aliphatic rings. The molecule has 3 rings (SSSR count). The van der Waals surface area contributed by atoms with E-state index in [-0.39, 0.29) is 11.9 Å². The van der Waals surface area contributed by atoms with Gasteiger partial charge in [-0.1, -0.05) is 0 Å². The molecule has 1 aromatic heterocycles. The predicted octanol–water partition coefficient (Wildman–Crippen LogP) is -0.220. The number of amides is 1. The van der Waals surface area contributed by atoms with E-state index in [2.05, 4.69) is 15.2 Å². The summed E-state index contributed by atoms with van der Waals surface area (Å²) in [6.45, 7) is 5.18. The largest absolute Gasteiger partial charge is 0.378 e. The van der Waals surface area contributed by atoms with Gasteiger partial charge in [-0.3, -0.25) is 4.79 Å². The Balaban J connectivity index is 1.53. The van der Waals surface area contributed by atoms with Crippen molar-refractivity contribution in [2.24, 2.45) is 0 Å². The van der Waals surface area contributed by atoms with Gasteiger partial charge in [-0.25, -0.2) is 4.98 Å². The van der Waals surface area contributed by atoms with Crippen LogP contribution in [0.2, 0.25) is 0 Å². The molecule has 1 amide bonds. The Morgan fingerprint density at radius 2 is 2.26 bits per heavy atom. The number of piperazine rings is 1. The van der Waals surface area contributed by atoms with Crippen molar-refractivity contribution in [1.29, 1.82) is 0 Å². The zero-order chi connectivity index (χ0) is 13.1. The molecular formula is C12H18N4O2S. The molecule has 0 bridgehead atoms. The summed E-state index contributed by atoms with van der Waals surface area (Å²) in [6, 6.07) is -0.167. The van der Waals surface area contributed by atoms with Crippen molar-refractivity contribution in [2.75, 3.05) is 50.8 Å². The lowest BCUT2D eigenvalue weighted by molar-refractivity contribution is -0.136. The first-order chi connectivity index (χ1) is 9.34. The van der Waals surface area contributed by atoms with E-state index in [1.54, 1.807) is 11.3 Å². The summed E-state index contributed by atoms with van der Waals surface area (Å²) in [5, 5.41) is 6.24. The van der Waals surface area contributed by atoms with Gasteiger partial charge in [0.15, 0.2) is 5.13 Å². The van der Waals surface area contributed by atoms with Gasteiger partial charge in [0.2, 0.25) is 5.91 Å². The minimum absolute atomic E-state index is 0.165. The second kappa shape index (κ2) is 5.85. The number of carbonyl (C=O) groups is 1. The molecule has 2 saturated heterocycles. The lowest BCUT2D eigenvalue weighted by Gasteiger charge is -2.37. The molecule has 0 radical (unpaired) electrons. The van der Waals surface area contributed by atoms with E-state index >= 15 is 0 Å². The Kier molecular flexibility index (Phi) is 3.95. The number of aromatic nitrogens is 1. The summed E-state index contributed by atoms with van der Waals surface area (Å²) in [6.07, 6.45) is 1.82. The van der Waals surface area contributed by atoms with E-state index in [4.69, 9.17) is 4.74 Å². The molecule has 1 unspecified atom stereocenters. The van der Waals surface area contributed by atoms with Gasteiger partial charge in [0.05, 0.1) is 13.2 Å². The average Bonchev–Trinajstić information content (AvgIpc) is 3.02. The van der Waals surface area contributed by atoms with Crippen molar-refractivity contribution >= 4 is 22.4 Å². The van der Waals surface area contributed by atoms with Crippen LogP contribution in [0.25, 0.3) is 0 Å². The van der Waals surface area contributed by atoms with Crippen LogP contribution in [0.15, 0.2) is 11.6 Å². The number of rotatable bonds is 2. The molecule has 2 fully saturated rings. The third-order valence-corrected chi connectivity index (χ3v) is 4.33. The Hall–Kier alpha value is -1.18. The van der Waals surface area contributed by atoms with Gasteiger partial charge in [-0.05, 0) is 0 Å². The van der Waals surface area contributed by atoms with E-state index in [1.807, 2.05) is 16.5 Å². The fourth-order valence-electron chi connectivity index (χ4n) is 2.43. The smallest absolute Gasteiger partial charge is 0.242 e. The zero-order valence-electron chi connectivity index (χ0n) is 10.7. The van der Waals surface area contributed by atoms with Gasteiger partial charge in [0, 0.05) is 44.3 Å². The summed E-state index contributed by atoms with van der Waals surface area (Å²) in [7, 11) is 0. The van der Waals surface area contributed by atoms with Crippen LogP contribution in [0.1, 0.15) is 0 Å². The number of nitrogens with one attached hydrogen (secondary N) is 1. The molecule has 0 aliphatic carbocycles. The lowest BCUT2D eigenvalue weighted by atomic mass is 10.2. The highest BCUT2D eigenvalue weighted by molar-refractivity contribution is 7.13. The summed E-state index contributed by atoms with van der Waals surface area (Å²) >= 11 is 1.65. The molecule has 1 N–H and O–H groups in total. The van der Waals surface area contributed by atoms with E-state index in [1.165, 1.54) is 0 Å². The summed E-state index contributed by atoms with van der Waals surface area (Å²) < 4.78 is 5.35. The predicted molar refractivity (Wildman–Crippen MR) is 73.5 cm³/mol. The molecule has 19 heavy (non-hydrogen) atoms. The highest BCUT2D eigenvalue weighted by atomic mass is 32.1. The van der Waals surface area contributed by atoms with E-state index in [9.17, 15) is 4.79 Å². The van der Waals surface area contributed by atoms with Crippen LogP contribution in [0.4, 0.5) is 5.13 Å². The van der Waals surface area contributed by atoms with Crippen LogP contribution in [0, 0.1) is 0 Å². The second-order valence-electron chi connectivity index (χ2n) is 4.71. The Bertz CT molecular complexity index is 411. The quantitative estimate of drug-likeness (QED) is 0.813. The van der Waals surface area contributed by atoms with Crippen molar-refractivity contribution in [1.82, 2.24) is 15.2 Å². The zero-order valence-corrected chi connectivity index (χ0v) is 11.6. The van der Waals surface area contributed by atoms with Crippen molar-refractivity contribution in [2.45, 2.75) is 6.04 Å². The number of ether oxygens (including phenoxy) is 1. The first kappa shape index (κ1) is 12.8. The van der Waals surface area contributed by atoms with Gasteiger partial charge >= 0.3 is 0 Å². The van der Waals surface area contributed by atoms with Crippen molar-refractivity contribution < 1.29 is 9.53 Å². The number of hydrogen-bond donors (Lipinski definition) is 1. The highest BCUT2D eigenvalue weighted by Gasteiger charge is 2.29. The average molecular weight is 282 g/mol. The molecule has 0 spiro atoms. The molecule has 6 nitrogen and oxygen atoms in total. The molecule has 0 aromatic carbocycles. The van der Waals surface area contributed by atoms with Crippen molar-refractivity contribution in [3.63, 3.8) is 0 Å². The van der Waals surface area contributed by atoms with Crippen LogP contribution in [-0.4, -0.2) is 67.8 Å². The minimum atomic E-state index is -0.167. The van der Waals surface area contributed by atoms with Crippen molar-refractivity contribution in [3.8, 4) is 0 Å². The van der Waals surface area contributed by atoms with Gasteiger partial charge in [0.1, 0.15) is 6.04 Å². The number of carbonyl (C=O) groups excluding carboxylic acids is 1. The first-order valence-corrected chi connectivity index (χ1v) is 7.47. The van der Waals surface area contributed by atoms with Crippen molar-refractivity contribution in [3.05, 3.63) is 11.6 Å². The maximum Gasteiger partial charge on any atom is 0.242 e. The van der Waals surface area contributed by atoms with E-state index in [0.717, 1.165) is 37.9 Å². The normalized spacial score (nSPS) is 24.5. The molecule has 3 heterocycles. The summed E-state index contributed by atoms with van der Waals surface area (Å²) in [4.78, 5) is 20.8. The SMILES string of the molecule is O=C(C1COCCN1)N1CCN(c2nccs2)CC1. The Morgan fingerprint density at radius 1 is 1.42 bits per heavy atom. The lowest BCUT2D eigenvalue weighted by Crippen LogP contribution is -2.57. The minimum Gasteiger partial charge on any atom is -0.378 e. The maximum atomic E-state index is 12.3. The molecule has 7 heteroatoms. The molecule has 1 aromatic rings. The number of thiazole rings is 1. The number of anilines is 1. The van der Waals surface area contributed by atoms with E-state index in [0.29, 0.717) is 13.2 Å². The van der Waals surface area contributed by atoms with Crippen LogP contribution in [0.3, 0.4) is 0 Å². The molecular weight excluding hydrogens is 264 g/mol. The Morgan fingerprint density at radius 3 is 2.89 bits per heavy atom. The molecule has 0 saturated carbocycles. The summed E-state index contributed by atoms with van der Waals surface area (Å²) in [5.74, 6) is 0.165. The monoisotopic (exact) mass is 282 g/mol. The van der Waals surface area contributed by atoms with Gasteiger partial charge < -0.3 is 19.9 Å². The van der Waals surface area contributed by atoms with Crippen LogP contribution in [0.5, 0.6) is 0 Å². The second-order valence-corrected chi connectivity index (χ2v) is 5.58. The van der Waals surface area contributed by atoms with Gasteiger partial charge in [-0.2, -0.15) is 0 Å². The van der Waals surface area contributed by atoms with Crippen LogP contribution >= 0.6 is 11.3 Å². The first-order valence-electron chi connectivity index (χ1n) is 6.59.